The molecule has 0 spiro atoms. The van der Waals surface area contributed by atoms with E-state index in [0.29, 0.717) is 0 Å². The number of para-hydroxylation sites is 1. The van der Waals surface area contributed by atoms with Crippen LogP contribution in [0.4, 0.5) is 0 Å². The third kappa shape index (κ3) is 3.74. The molecule has 8 aromatic carbocycles. The van der Waals surface area contributed by atoms with Gasteiger partial charge in [0.2, 0.25) is 0 Å². The summed E-state index contributed by atoms with van der Waals surface area (Å²) in [5, 5.41) is 9.11. The van der Waals surface area contributed by atoms with E-state index in [1.807, 2.05) is 0 Å². The summed E-state index contributed by atoms with van der Waals surface area (Å²) >= 11 is 0. The first-order chi connectivity index (χ1) is 23.1. The molecule has 1 heterocycles. The molecular weight excluding hydrogens is 567 g/mol. The Kier molecular flexibility index (Phi) is 5.40. The molecular formula is C46H31N. The number of hydrogen-bond donors (Lipinski definition) is 0. The normalized spacial score (nSPS) is 13.5. The molecule has 0 atom stereocenters. The van der Waals surface area contributed by atoms with Crippen LogP contribution in [-0.4, -0.2) is 4.98 Å². The second kappa shape index (κ2) is 9.61. The number of pyridine rings is 1. The molecule has 10 rings (SSSR count). The zero-order valence-electron chi connectivity index (χ0n) is 26.4. The fraction of sp³-hybridized carbons (Fsp3) is 0.0652. The van der Waals surface area contributed by atoms with Gasteiger partial charge in [-0.25, -0.2) is 4.98 Å². The van der Waals surface area contributed by atoms with Crippen molar-refractivity contribution in [1.29, 1.82) is 0 Å². The van der Waals surface area contributed by atoms with Crippen LogP contribution >= 0.6 is 0 Å². The Bertz CT molecular complexity index is 2680. The Morgan fingerprint density at radius 1 is 0.447 bits per heavy atom. The van der Waals surface area contributed by atoms with E-state index in [9.17, 15) is 0 Å². The minimum atomic E-state index is -0.147. The van der Waals surface area contributed by atoms with Crippen LogP contribution in [0, 0.1) is 0 Å². The van der Waals surface area contributed by atoms with Crippen molar-refractivity contribution < 1.29 is 0 Å². The molecule has 9 aromatic rings. The molecule has 1 nitrogen and oxygen atoms in total. The van der Waals surface area contributed by atoms with Crippen LogP contribution in [0.3, 0.4) is 0 Å². The van der Waals surface area contributed by atoms with E-state index in [2.05, 4.69) is 166 Å². The summed E-state index contributed by atoms with van der Waals surface area (Å²) in [5.74, 6) is 0. The summed E-state index contributed by atoms with van der Waals surface area (Å²) in [5.41, 5.74) is 13.4. The molecule has 0 radical (unpaired) electrons. The Labute approximate surface area is 274 Å². The average Bonchev–Trinajstić information content (AvgIpc) is 3.35. The second-order valence-electron chi connectivity index (χ2n) is 13.5. The van der Waals surface area contributed by atoms with Gasteiger partial charge in [0, 0.05) is 16.4 Å². The molecule has 1 aliphatic rings. The van der Waals surface area contributed by atoms with Gasteiger partial charge in [-0.3, -0.25) is 0 Å². The van der Waals surface area contributed by atoms with Crippen LogP contribution in [0.2, 0.25) is 0 Å². The monoisotopic (exact) mass is 597 g/mol. The summed E-state index contributed by atoms with van der Waals surface area (Å²) in [4.78, 5) is 5.23. The van der Waals surface area contributed by atoms with Gasteiger partial charge >= 0.3 is 0 Å². The Hall–Kier alpha value is -5.79. The molecule has 220 valence electrons. The van der Waals surface area contributed by atoms with Crippen molar-refractivity contribution in [3.63, 3.8) is 0 Å². The fourth-order valence-corrected chi connectivity index (χ4v) is 8.37. The van der Waals surface area contributed by atoms with Crippen LogP contribution in [-0.2, 0) is 5.41 Å². The molecule has 0 unspecified atom stereocenters. The lowest BCUT2D eigenvalue weighted by atomic mass is 9.78. The highest BCUT2D eigenvalue weighted by molar-refractivity contribution is 6.25. The smallest absolute Gasteiger partial charge is 0.0759 e. The van der Waals surface area contributed by atoms with Crippen LogP contribution < -0.4 is 0 Å². The molecule has 1 aromatic heterocycles. The van der Waals surface area contributed by atoms with Crippen LogP contribution in [0.15, 0.2) is 152 Å². The summed E-state index contributed by atoms with van der Waals surface area (Å²) in [6.07, 6.45) is 0. The van der Waals surface area contributed by atoms with Crippen molar-refractivity contribution in [2.24, 2.45) is 0 Å². The largest absolute Gasteiger partial charge is 0.247 e. The molecule has 0 aliphatic heterocycles. The van der Waals surface area contributed by atoms with Gasteiger partial charge in [-0.1, -0.05) is 153 Å². The van der Waals surface area contributed by atoms with Crippen LogP contribution in [0.25, 0.3) is 87.9 Å². The van der Waals surface area contributed by atoms with Gasteiger partial charge in [0.15, 0.2) is 0 Å². The third-order valence-corrected chi connectivity index (χ3v) is 10.6. The SMILES string of the molecule is CC1(C)c2ccccc2-c2nc3ccccc3c(-c3ccc(-c4cccc(-c5ccc6ccc7cccc8ccc5c6c78)c4)cc3)c21. The van der Waals surface area contributed by atoms with Crippen molar-refractivity contribution in [1.82, 2.24) is 4.98 Å². The van der Waals surface area contributed by atoms with E-state index >= 15 is 0 Å². The topological polar surface area (TPSA) is 12.9 Å². The Balaban J connectivity index is 1.10. The fourth-order valence-electron chi connectivity index (χ4n) is 8.37. The predicted octanol–water partition coefficient (Wildman–Crippen LogP) is 12.4. The lowest BCUT2D eigenvalue weighted by Crippen LogP contribution is -2.16. The van der Waals surface area contributed by atoms with Gasteiger partial charge in [0.05, 0.1) is 11.2 Å². The lowest BCUT2D eigenvalue weighted by molar-refractivity contribution is 0.662. The third-order valence-electron chi connectivity index (χ3n) is 10.6. The quantitative estimate of drug-likeness (QED) is 0.185. The van der Waals surface area contributed by atoms with Crippen LogP contribution in [0.1, 0.15) is 25.0 Å². The number of rotatable bonds is 3. The Morgan fingerprint density at radius 2 is 1.11 bits per heavy atom. The van der Waals surface area contributed by atoms with E-state index in [0.717, 1.165) is 11.2 Å². The van der Waals surface area contributed by atoms with Crippen molar-refractivity contribution >= 4 is 43.2 Å². The van der Waals surface area contributed by atoms with Gasteiger partial charge < -0.3 is 0 Å². The lowest BCUT2D eigenvalue weighted by Gasteiger charge is -2.25. The number of aromatic nitrogens is 1. The highest BCUT2D eigenvalue weighted by Gasteiger charge is 2.39. The number of benzene rings is 8. The van der Waals surface area contributed by atoms with Crippen molar-refractivity contribution in [2.45, 2.75) is 19.3 Å². The first kappa shape index (κ1) is 26.4. The van der Waals surface area contributed by atoms with E-state index in [1.54, 1.807) is 0 Å². The van der Waals surface area contributed by atoms with Gasteiger partial charge in [-0.15, -0.1) is 0 Å². The van der Waals surface area contributed by atoms with Crippen molar-refractivity contribution in [3.8, 4) is 44.6 Å². The van der Waals surface area contributed by atoms with Gasteiger partial charge in [-0.05, 0) is 89.0 Å². The molecule has 1 heteroatoms. The summed E-state index contributed by atoms with van der Waals surface area (Å²) in [7, 11) is 0. The maximum atomic E-state index is 5.23. The summed E-state index contributed by atoms with van der Waals surface area (Å²) < 4.78 is 0. The predicted molar refractivity (Wildman–Crippen MR) is 199 cm³/mol. The molecule has 1 aliphatic carbocycles. The molecule has 0 saturated heterocycles. The minimum absolute atomic E-state index is 0.147. The molecule has 0 saturated carbocycles. The minimum Gasteiger partial charge on any atom is -0.247 e. The number of fused-ring (bicyclic) bond motifs is 4. The summed E-state index contributed by atoms with van der Waals surface area (Å²) in [6.45, 7) is 4.69. The Morgan fingerprint density at radius 3 is 1.96 bits per heavy atom. The number of nitrogens with zero attached hydrogens (tertiary/aromatic N) is 1. The summed E-state index contributed by atoms with van der Waals surface area (Å²) in [6, 6.07) is 55.8. The maximum Gasteiger partial charge on any atom is 0.0759 e. The number of hydrogen-bond acceptors (Lipinski definition) is 1. The molecule has 0 N–H and O–H groups in total. The molecule has 0 amide bonds. The first-order valence-corrected chi connectivity index (χ1v) is 16.5. The second-order valence-corrected chi connectivity index (χ2v) is 13.5. The highest BCUT2D eigenvalue weighted by atomic mass is 14.7. The van der Waals surface area contributed by atoms with E-state index in [-0.39, 0.29) is 5.41 Å². The molecule has 47 heavy (non-hydrogen) atoms. The van der Waals surface area contributed by atoms with Crippen molar-refractivity contribution in [3.05, 3.63) is 163 Å². The first-order valence-electron chi connectivity index (χ1n) is 16.5. The van der Waals surface area contributed by atoms with Crippen molar-refractivity contribution in [2.75, 3.05) is 0 Å². The molecule has 0 fully saturated rings. The van der Waals surface area contributed by atoms with E-state index < -0.39 is 0 Å². The van der Waals surface area contributed by atoms with Gasteiger partial charge in [-0.2, -0.15) is 0 Å². The molecule has 0 bridgehead atoms. The average molecular weight is 598 g/mol. The van der Waals surface area contributed by atoms with E-state index in [1.165, 1.54) is 87.8 Å². The standard InChI is InChI=1S/C46H31N/c1-46(2)39-15-5-3-13-37(39)45-44(46)43(38-14-4-6-16-40(38)47-45)32-19-17-28(18-20-32)33-11-8-12-34(27-33)35-25-23-31-22-21-29-9-7-10-30-24-26-36(35)42(31)41(29)30/h3-27H,1-2H3. The van der Waals surface area contributed by atoms with Gasteiger partial charge in [0.25, 0.3) is 0 Å². The zero-order chi connectivity index (χ0) is 31.3. The van der Waals surface area contributed by atoms with Crippen LogP contribution in [0.5, 0.6) is 0 Å². The van der Waals surface area contributed by atoms with E-state index in [4.69, 9.17) is 4.98 Å². The zero-order valence-corrected chi connectivity index (χ0v) is 26.4. The highest BCUT2D eigenvalue weighted by Crippen LogP contribution is 2.53. The van der Waals surface area contributed by atoms with Gasteiger partial charge in [0.1, 0.15) is 0 Å². The maximum absolute atomic E-state index is 5.23.